The van der Waals surface area contributed by atoms with E-state index in [0.717, 1.165) is 0 Å². The van der Waals surface area contributed by atoms with Crippen LogP contribution < -0.4 is 5.32 Å². The number of benzene rings is 1. The predicted octanol–water partition coefficient (Wildman–Crippen LogP) is 2.26. The predicted molar refractivity (Wildman–Crippen MR) is 74.9 cm³/mol. The Morgan fingerprint density at radius 2 is 2.20 bits per heavy atom. The Labute approximate surface area is 116 Å². The van der Waals surface area contributed by atoms with E-state index in [4.69, 9.17) is 5.11 Å². The number of pyridine rings is 1. The van der Waals surface area contributed by atoms with Crippen molar-refractivity contribution < 1.29 is 14.3 Å². The summed E-state index contributed by atoms with van der Waals surface area (Å²) in [6, 6.07) is 7.81. The summed E-state index contributed by atoms with van der Waals surface area (Å²) >= 11 is 0. The molecule has 0 aliphatic carbocycles. The number of rotatable bonds is 5. The minimum absolute atomic E-state index is 0.0125. The Morgan fingerprint density at radius 3 is 2.90 bits per heavy atom. The largest absolute Gasteiger partial charge is 0.396 e. The molecule has 106 valence electrons. The molecular weight excluding hydrogens is 259 g/mol. The topological polar surface area (TPSA) is 62.2 Å². The van der Waals surface area contributed by atoms with Gasteiger partial charge in [0.15, 0.2) is 0 Å². The van der Waals surface area contributed by atoms with Gasteiger partial charge in [-0.2, -0.15) is 0 Å². The van der Waals surface area contributed by atoms with Gasteiger partial charge in [0.05, 0.1) is 0 Å². The molecule has 1 heterocycles. The fourth-order valence-corrected chi connectivity index (χ4v) is 2.03. The molecule has 1 aromatic heterocycles. The number of hydrogen-bond acceptors (Lipinski definition) is 3. The van der Waals surface area contributed by atoms with Crippen molar-refractivity contribution in [3.63, 3.8) is 0 Å². The third-order valence-corrected chi connectivity index (χ3v) is 3.21. The number of para-hydroxylation sites is 1. The van der Waals surface area contributed by atoms with Crippen LogP contribution in [-0.2, 0) is 0 Å². The van der Waals surface area contributed by atoms with Crippen molar-refractivity contribution in [2.45, 2.75) is 25.8 Å². The number of hydrogen-bond donors (Lipinski definition) is 2. The number of aliphatic hydroxyl groups excluding tert-OH is 1. The summed E-state index contributed by atoms with van der Waals surface area (Å²) in [6.07, 6.45) is 1.21. The number of carbonyl (C=O) groups excluding carboxylic acids is 1. The molecule has 0 aliphatic heterocycles. The quantitative estimate of drug-likeness (QED) is 0.880. The van der Waals surface area contributed by atoms with Crippen LogP contribution in [0.25, 0.3) is 10.9 Å². The molecule has 2 N–H and O–H groups in total. The first kappa shape index (κ1) is 14.4. The average Bonchev–Trinajstić information content (AvgIpc) is 2.46. The zero-order valence-electron chi connectivity index (χ0n) is 11.3. The van der Waals surface area contributed by atoms with Gasteiger partial charge >= 0.3 is 0 Å². The molecule has 2 rings (SSSR count). The Morgan fingerprint density at radius 1 is 1.40 bits per heavy atom. The summed E-state index contributed by atoms with van der Waals surface area (Å²) in [5.41, 5.74) is 0.370. The van der Waals surface area contributed by atoms with Gasteiger partial charge in [-0.05, 0) is 25.0 Å². The summed E-state index contributed by atoms with van der Waals surface area (Å²) in [4.78, 5) is 16.1. The number of nitrogens with zero attached hydrogens (tertiary/aromatic N) is 1. The lowest BCUT2D eigenvalue weighted by Crippen LogP contribution is -2.35. The number of amides is 1. The number of aromatic nitrogens is 1. The SMILES string of the molecule is CCC(CCO)NC(=O)c1ccc2cccc(F)c2n1. The third-order valence-electron chi connectivity index (χ3n) is 3.21. The second-order valence-corrected chi connectivity index (χ2v) is 4.60. The lowest BCUT2D eigenvalue weighted by Gasteiger charge is -2.15. The summed E-state index contributed by atoms with van der Waals surface area (Å²) in [5.74, 6) is -0.796. The van der Waals surface area contributed by atoms with E-state index in [-0.39, 0.29) is 29.8 Å². The molecule has 0 saturated heterocycles. The molecule has 1 aromatic carbocycles. The van der Waals surface area contributed by atoms with Gasteiger partial charge < -0.3 is 10.4 Å². The molecule has 0 radical (unpaired) electrons. The summed E-state index contributed by atoms with van der Waals surface area (Å²) < 4.78 is 13.7. The Balaban J connectivity index is 2.24. The van der Waals surface area contributed by atoms with Gasteiger partial charge in [0.25, 0.3) is 5.91 Å². The van der Waals surface area contributed by atoms with Gasteiger partial charge in [0.2, 0.25) is 0 Å². The van der Waals surface area contributed by atoms with E-state index in [2.05, 4.69) is 10.3 Å². The van der Waals surface area contributed by atoms with Gasteiger partial charge in [-0.1, -0.05) is 25.1 Å². The van der Waals surface area contributed by atoms with Crippen molar-refractivity contribution in [1.29, 1.82) is 0 Å². The zero-order chi connectivity index (χ0) is 14.5. The van der Waals surface area contributed by atoms with Crippen molar-refractivity contribution >= 4 is 16.8 Å². The van der Waals surface area contributed by atoms with Crippen molar-refractivity contribution in [2.24, 2.45) is 0 Å². The van der Waals surface area contributed by atoms with Crippen LogP contribution in [0.3, 0.4) is 0 Å². The molecule has 4 nitrogen and oxygen atoms in total. The van der Waals surface area contributed by atoms with Crippen LogP contribution in [0, 0.1) is 5.82 Å². The van der Waals surface area contributed by atoms with Crippen LogP contribution >= 0.6 is 0 Å². The van der Waals surface area contributed by atoms with Crippen LogP contribution in [0.5, 0.6) is 0 Å². The molecule has 1 atom stereocenters. The van der Waals surface area contributed by atoms with Crippen LogP contribution in [0.2, 0.25) is 0 Å². The maximum atomic E-state index is 13.7. The van der Waals surface area contributed by atoms with E-state index in [1.54, 1.807) is 24.3 Å². The van der Waals surface area contributed by atoms with Crippen LogP contribution in [0.1, 0.15) is 30.3 Å². The molecule has 0 fully saturated rings. The summed E-state index contributed by atoms with van der Waals surface area (Å²) in [5, 5.41) is 12.4. The second kappa shape index (κ2) is 6.43. The average molecular weight is 276 g/mol. The first-order valence-electron chi connectivity index (χ1n) is 6.62. The molecular formula is C15H17FN2O2. The van der Waals surface area contributed by atoms with Gasteiger partial charge in [-0.25, -0.2) is 9.37 Å². The number of fused-ring (bicyclic) bond motifs is 1. The lowest BCUT2D eigenvalue weighted by atomic mass is 10.1. The molecule has 2 aromatic rings. The minimum Gasteiger partial charge on any atom is -0.396 e. The number of carbonyl (C=O) groups is 1. The molecule has 0 aliphatic rings. The first-order chi connectivity index (χ1) is 9.65. The highest BCUT2D eigenvalue weighted by Crippen LogP contribution is 2.16. The minimum atomic E-state index is -0.445. The maximum Gasteiger partial charge on any atom is 0.270 e. The van der Waals surface area contributed by atoms with Crippen molar-refractivity contribution in [1.82, 2.24) is 10.3 Å². The fourth-order valence-electron chi connectivity index (χ4n) is 2.03. The highest BCUT2D eigenvalue weighted by molar-refractivity contribution is 5.95. The molecule has 5 heteroatoms. The Kier molecular flexibility index (Phi) is 4.63. The van der Waals surface area contributed by atoms with Gasteiger partial charge in [-0.3, -0.25) is 4.79 Å². The van der Waals surface area contributed by atoms with E-state index in [1.165, 1.54) is 6.07 Å². The Bertz CT molecular complexity index is 616. The van der Waals surface area contributed by atoms with Crippen molar-refractivity contribution in [3.8, 4) is 0 Å². The lowest BCUT2D eigenvalue weighted by molar-refractivity contribution is 0.0924. The smallest absolute Gasteiger partial charge is 0.270 e. The molecule has 0 bridgehead atoms. The van der Waals surface area contributed by atoms with Crippen molar-refractivity contribution in [3.05, 3.63) is 41.8 Å². The highest BCUT2D eigenvalue weighted by Gasteiger charge is 2.14. The number of nitrogens with one attached hydrogen (secondary N) is 1. The first-order valence-corrected chi connectivity index (χ1v) is 6.62. The molecule has 1 amide bonds. The van der Waals surface area contributed by atoms with Gasteiger partial charge in [0.1, 0.15) is 17.0 Å². The number of aliphatic hydroxyl groups is 1. The molecule has 20 heavy (non-hydrogen) atoms. The highest BCUT2D eigenvalue weighted by atomic mass is 19.1. The second-order valence-electron chi connectivity index (χ2n) is 4.60. The Hall–Kier alpha value is -2.01. The van der Waals surface area contributed by atoms with E-state index in [9.17, 15) is 9.18 Å². The summed E-state index contributed by atoms with van der Waals surface area (Å²) in [6.45, 7) is 1.94. The fraction of sp³-hybridized carbons (Fsp3) is 0.333. The molecule has 0 saturated carbocycles. The van der Waals surface area contributed by atoms with Gasteiger partial charge in [-0.15, -0.1) is 0 Å². The normalized spacial score (nSPS) is 12.3. The van der Waals surface area contributed by atoms with E-state index >= 15 is 0 Å². The third kappa shape index (κ3) is 3.11. The number of halogens is 1. The van der Waals surface area contributed by atoms with Crippen molar-refractivity contribution in [2.75, 3.05) is 6.61 Å². The van der Waals surface area contributed by atoms with E-state index in [1.807, 2.05) is 6.92 Å². The molecule has 1 unspecified atom stereocenters. The zero-order valence-corrected chi connectivity index (χ0v) is 11.3. The van der Waals surface area contributed by atoms with Gasteiger partial charge in [0, 0.05) is 18.0 Å². The maximum absolute atomic E-state index is 13.7. The van der Waals surface area contributed by atoms with Crippen LogP contribution in [0.4, 0.5) is 4.39 Å². The molecule has 0 spiro atoms. The standard InChI is InChI=1S/C15H17FN2O2/c1-2-11(8-9-19)17-15(20)13-7-6-10-4-3-5-12(16)14(10)18-13/h3-7,11,19H,2,8-9H2,1H3,(H,17,20). The van der Waals surface area contributed by atoms with E-state index < -0.39 is 5.82 Å². The van der Waals surface area contributed by atoms with Crippen LogP contribution in [-0.4, -0.2) is 28.6 Å². The monoisotopic (exact) mass is 276 g/mol. The summed E-state index contributed by atoms with van der Waals surface area (Å²) in [7, 11) is 0. The van der Waals surface area contributed by atoms with Crippen LogP contribution in [0.15, 0.2) is 30.3 Å². The van der Waals surface area contributed by atoms with E-state index in [0.29, 0.717) is 18.2 Å².